The zero-order chi connectivity index (χ0) is 14.7. The van der Waals surface area contributed by atoms with Crippen molar-refractivity contribution in [2.24, 2.45) is 28.7 Å². The van der Waals surface area contributed by atoms with Crippen molar-refractivity contribution in [3.63, 3.8) is 0 Å². The smallest absolute Gasteiger partial charge is 0.263 e. The second kappa shape index (κ2) is 4.52. The molecular formula is C15H21F2NOS. The molecule has 0 unspecified atom stereocenters. The normalized spacial score (nSPS) is 42.6. The Morgan fingerprint density at radius 1 is 1.40 bits per heavy atom. The van der Waals surface area contributed by atoms with Gasteiger partial charge in [-0.15, -0.1) is 0 Å². The van der Waals surface area contributed by atoms with E-state index in [1.165, 1.54) is 0 Å². The van der Waals surface area contributed by atoms with Crippen LogP contribution < -0.4 is 0 Å². The molecule has 3 aliphatic rings. The molecule has 2 nitrogen and oxygen atoms in total. The van der Waals surface area contributed by atoms with E-state index in [2.05, 4.69) is 4.99 Å². The molecule has 2 aliphatic carbocycles. The highest BCUT2D eigenvalue weighted by atomic mass is 32.2. The van der Waals surface area contributed by atoms with Gasteiger partial charge in [0.25, 0.3) is 11.8 Å². The van der Waals surface area contributed by atoms with Crippen molar-refractivity contribution in [3.8, 4) is 0 Å². The summed E-state index contributed by atoms with van der Waals surface area (Å²) in [6.45, 7) is 6.00. The van der Waals surface area contributed by atoms with Gasteiger partial charge >= 0.3 is 0 Å². The van der Waals surface area contributed by atoms with Gasteiger partial charge in [-0.05, 0) is 43.9 Å². The Morgan fingerprint density at radius 2 is 2.10 bits per heavy atom. The van der Waals surface area contributed by atoms with Gasteiger partial charge in [0.15, 0.2) is 0 Å². The third kappa shape index (κ3) is 2.13. The minimum Gasteiger partial charge on any atom is -0.271 e. The molecule has 0 aromatic heterocycles. The average molecular weight is 301 g/mol. The van der Waals surface area contributed by atoms with Crippen molar-refractivity contribution in [1.29, 1.82) is 0 Å². The number of halogens is 2. The fraction of sp³-hybridized carbons (Fsp3) is 0.867. The van der Waals surface area contributed by atoms with E-state index in [9.17, 15) is 13.6 Å². The van der Waals surface area contributed by atoms with Gasteiger partial charge in [-0.2, -0.15) is 0 Å². The maximum absolute atomic E-state index is 13.5. The summed E-state index contributed by atoms with van der Waals surface area (Å²) < 4.78 is 26.6. The van der Waals surface area contributed by atoms with Crippen molar-refractivity contribution in [2.45, 2.75) is 57.1 Å². The molecule has 20 heavy (non-hydrogen) atoms. The molecule has 4 atom stereocenters. The molecular weight excluding hydrogens is 280 g/mol. The number of amides is 1. The van der Waals surface area contributed by atoms with Crippen LogP contribution in [-0.4, -0.2) is 21.6 Å². The number of hydrogen-bond acceptors (Lipinski definition) is 2. The number of carbonyl (C=O) groups excluding carboxylic acids is 1. The van der Waals surface area contributed by atoms with E-state index in [1.54, 1.807) is 11.8 Å². The largest absolute Gasteiger partial charge is 0.271 e. The molecule has 2 bridgehead atoms. The van der Waals surface area contributed by atoms with Gasteiger partial charge in [0.2, 0.25) is 0 Å². The summed E-state index contributed by atoms with van der Waals surface area (Å²) in [5, 5.41) is 0.868. The Balaban J connectivity index is 1.65. The van der Waals surface area contributed by atoms with E-state index >= 15 is 0 Å². The Kier molecular flexibility index (Phi) is 3.27. The Hall–Kier alpha value is -0.450. The van der Waals surface area contributed by atoms with Crippen LogP contribution in [0.15, 0.2) is 4.99 Å². The predicted molar refractivity (Wildman–Crippen MR) is 77.2 cm³/mol. The van der Waals surface area contributed by atoms with Gasteiger partial charge in [0, 0.05) is 12.3 Å². The van der Waals surface area contributed by atoms with Crippen molar-refractivity contribution in [1.82, 2.24) is 0 Å². The molecule has 5 heteroatoms. The maximum Gasteiger partial charge on any atom is 0.263 e. The molecule has 0 spiro atoms. The molecule has 0 radical (unpaired) electrons. The lowest BCUT2D eigenvalue weighted by Gasteiger charge is -2.28. The summed E-state index contributed by atoms with van der Waals surface area (Å²) in [6, 6.07) is 0. The minimum atomic E-state index is -2.45. The summed E-state index contributed by atoms with van der Waals surface area (Å²) in [5.74, 6) is -2.29. The summed E-state index contributed by atoms with van der Waals surface area (Å²) in [5.41, 5.74) is 0. The molecule has 1 amide bonds. The highest BCUT2D eigenvalue weighted by molar-refractivity contribution is 8.16. The molecule has 0 aromatic rings. The van der Waals surface area contributed by atoms with Crippen LogP contribution in [0.5, 0.6) is 0 Å². The fourth-order valence-electron chi connectivity index (χ4n) is 3.78. The fourth-order valence-corrected chi connectivity index (χ4v) is 5.07. The summed E-state index contributed by atoms with van der Waals surface area (Å²) >= 11 is 1.56. The van der Waals surface area contributed by atoms with Gasteiger partial charge in [0.1, 0.15) is 4.75 Å². The predicted octanol–water partition coefficient (Wildman–Crippen LogP) is 4.14. The van der Waals surface area contributed by atoms with Gasteiger partial charge in [-0.25, -0.2) is 13.8 Å². The number of nitrogens with zero attached hydrogens (tertiary/aromatic N) is 1. The van der Waals surface area contributed by atoms with E-state index in [4.69, 9.17) is 0 Å². The molecule has 3 rings (SSSR count). The van der Waals surface area contributed by atoms with Crippen LogP contribution in [0.1, 0.15) is 46.5 Å². The summed E-state index contributed by atoms with van der Waals surface area (Å²) in [6.07, 6.45) is 2.01. The lowest BCUT2D eigenvalue weighted by molar-refractivity contribution is -0.120. The highest BCUT2D eigenvalue weighted by Gasteiger charge is 2.57. The van der Waals surface area contributed by atoms with Crippen LogP contribution in [0, 0.1) is 23.7 Å². The van der Waals surface area contributed by atoms with Crippen molar-refractivity contribution >= 4 is 22.7 Å². The van der Waals surface area contributed by atoms with Gasteiger partial charge in [-0.3, -0.25) is 4.79 Å². The lowest BCUT2D eigenvalue weighted by Crippen LogP contribution is -2.33. The standard InChI is InChI=1S/C15H21F2NOS/c1-8(2)14(3)13(19)18-12(20-14)6-9-4-11-5-10(9)7-15(11,16)17/h8-11H,4-7H2,1-3H3/t9-,10-,11+,14+/m1/s1. The molecule has 2 saturated carbocycles. The van der Waals surface area contributed by atoms with Gasteiger partial charge in [-0.1, -0.05) is 25.6 Å². The number of rotatable bonds is 3. The van der Waals surface area contributed by atoms with E-state index in [0.29, 0.717) is 18.8 Å². The first-order valence-electron chi connectivity index (χ1n) is 7.41. The molecule has 1 heterocycles. The van der Waals surface area contributed by atoms with Crippen LogP contribution in [0.25, 0.3) is 0 Å². The number of thioether (sulfide) groups is 1. The Morgan fingerprint density at radius 3 is 2.55 bits per heavy atom. The molecule has 2 fully saturated rings. The third-order valence-corrected chi connectivity index (χ3v) is 7.06. The van der Waals surface area contributed by atoms with Crippen LogP contribution >= 0.6 is 11.8 Å². The summed E-state index contributed by atoms with van der Waals surface area (Å²) in [7, 11) is 0. The average Bonchev–Trinajstić information content (AvgIpc) is 2.91. The van der Waals surface area contributed by atoms with E-state index in [-0.39, 0.29) is 24.2 Å². The number of alkyl halides is 2. The van der Waals surface area contributed by atoms with Crippen molar-refractivity contribution < 1.29 is 13.6 Å². The van der Waals surface area contributed by atoms with Gasteiger partial charge in [0.05, 0.1) is 5.04 Å². The lowest BCUT2D eigenvalue weighted by atomic mass is 9.85. The topological polar surface area (TPSA) is 29.4 Å². The van der Waals surface area contributed by atoms with Crippen molar-refractivity contribution in [2.75, 3.05) is 0 Å². The van der Waals surface area contributed by atoms with Gasteiger partial charge < -0.3 is 0 Å². The number of carbonyl (C=O) groups is 1. The zero-order valence-electron chi connectivity index (χ0n) is 12.2. The van der Waals surface area contributed by atoms with Crippen LogP contribution in [0.3, 0.4) is 0 Å². The molecule has 1 aliphatic heterocycles. The second-order valence-electron chi connectivity index (χ2n) is 7.03. The first-order chi connectivity index (χ1) is 9.22. The molecule has 0 aromatic carbocycles. The number of hydrogen-bond donors (Lipinski definition) is 0. The zero-order valence-corrected chi connectivity index (χ0v) is 13.0. The first-order valence-corrected chi connectivity index (χ1v) is 8.23. The monoisotopic (exact) mass is 301 g/mol. The van der Waals surface area contributed by atoms with E-state index in [0.717, 1.165) is 11.5 Å². The Bertz CT molecular complexity index is 476. The SMILES string of the molecule is CC(C)[C@]1(C)SC(C[C@H]2C[C@H]3C[C@@H]2CC3(F)F)=NC1=O. The maximum atomic E-state index is 13.5. The first kappa shape index (κ1) is 14.5. The Labute approximate surface area is 122 Å². The van der Waals surface area contributed by atoms with Crippen LogP contribution in [0.4, 0.5) is 8.78 Å². The van der Waals surface area contributed by atoms with Crippen molar-refractivity contribution in [3.05, 3.63) is 0 Å². The highest BCUT2D eigenvalue weighted by Crippen LogP contribution is 2.58. The number of fused-ring (bicyclic) bond motifs is 2. The quantitative estimate of drug-likeness (QED) is 0.784. The van der Waals surface area contributed by atoms with Crippen LogP contribution in [-0.2, 0) is 4.79 Å². The summed E-state index contributed by atoms with van der Waals surface area (Å²) in [4.78, 5) is 16.3. The van der Waals surface area contributed by atoms with E-state index in [1.807, 2.05) is 20.8 Å². The molecule has 112 valence electrons. The number of aliphatic imine (C=N–C) groups is 1. The van der Waals surface area contributed by atoms with E-state index < -0.39 is 16.6 Å². The minimum absolute atomic E-state index is 0.0374. The third-order valence-electron chi connectivity index (χ3n) is 5.49. The second-order valence-corrected chi connectivity index (χ2v) is 8.56. The molecule has 0 saturated heterocycles. The van der Waals surface area contributed by atoms with Crippen LogP contribution in [0.2, 0.25) is 0 Å². The molecule has 0 N–H and O–H groups in total.